The SMILES string of the molecule is Cc1noc(C)c1CN(C)C(=O)NCc1nnc2n1CCCCC2. The highest BCUT2D eigenvalue weighted by Crippen LogP contribution is 2.15. The van der Waals surface area contributed by atoms with Gasteiger partial charge in [0.1, 0.15) is 11.6 Å². The molecule has 8 heteroatoms. The topological polar surface area (TPSA) is 89.1 Å². The van der Waals surface area contributed by atoms with Gasteiger partial charge in [-0.05, 0) is 26.7 Å². The summed E-state index contributed by atoms with van der Waals surface area (Å²) in [6.45, 7) is 5.51. The zero-order valence-corrected chi connectivity index (χ0v) is 14.5. The van der Waals surface area contributed by atoms with Crippen LogP contribution in [0.25, 0.3) is 0 Å². The number of carbonyl (C=O) groups excluding carboxylic acids is 1. The van der Waals surface area contributed by atoms with Gasteiger partial charge in [0.05, 0.1) is 18.8 Å². The Bertz CT molecular complexity index is 701. The van der Waals surface area contributed by atoms with Crippen molar-refractivity contribution in [2.75, 3.05) is 7.05 Å². The molecule has 3 heterocycles. The number of fused-ring (bicyclic) bond motifs is 1. The summed E-state index contributed by atoms with van der Waals surface area (Å²) in [5, 5.41) is 15.3. The molecule has 0 spiro atoms. The number of nitrogens with one attached hydrogen (secondary N) is 1. The highest BCUT2D eigenvalue weighted by molar-refractivity contribution is 5.73. The van der Waals surface area contributed by atoms with Crippen LogP contribution in [0.1, 0.15) is 47.9 Å². The summed E-state index contributed by atoms with van der Waals surface area (Å²) in [7, 11) is 1.76. The summed E-state index contributed by atoms with van der Waals surface area (Å²) in [6, 6.07) is -0.152. The molecule has 0 saturated heterocycles. The fourth-order valence-corrected chi connectivity index (χ4v) is 3.00. The van der Waals surface area contributed by atoms with Gasteiger partial charge in [0, 0.05) is 25.6 Å². The van der Waals surface area contributed by atoms with Gasteiger partial charge in [-0.2, -0.15) is 0 Å². The molecule has 1 aliphatic rings. The first-order valence-electron chi connectivity index (χ1n) is 8.38. The van der Waals surface area contributed by atoms with E-state index in [0.29, 0.717) is 13.1 Å². The van der Waals surface area contributed by atoms with Crippen molar-refractivity contribution in [3.63, 3.8) is 0 Å². The van der Waals surface area contributed by atoms with E-state index in [1.54, 1.807) is 11.9 Å². The normalized spacial score (nSPS) is 14.1. The minimum Gasteiger partial charge on any atom is -0.361 e. The lowest BCUT2D eigenvalue weighted by Crippen LogP contribution is -2.37. The average molecular weight is 332 g/mol. The molecule has 8 nitrogen and oxygen atoms in total. The fourth-order valence-electron chi connectivity index (χ4n) is 3.00. The molecule has 2 aromatic heterocycles. The number of hydrogen-bond donors (Lipinski definition) is 1. The van der Waals surface area contributed by atoms with Gasteiger partial charge in [-0.15, -0.1) is 10.2 Å². The summed E-state index contributed by atoms with van der Waals surface area (Å²) in [4.78, 5) is 13.9. The Morgan fingerprint density at radius 2 is 2.12 bits per heavy atom. The first-order chi connectivity index (χ1) is 11.6. The van der Waals surface area contributed by atoms with Crippen molar-refractivity contribution < 1.29 is 9.32 Å². The molecule has 1 N–H and O–H groups in total. The number of urea groups is 1. The van der Waals surface area contributed by atoms with Crippen molar-refractivity contribution in [1.29, 1.82) is 0 Å². The molecule has 0 fully saturated rings. The molecule has 0 radical (unpaired) electrons. The minimum absolute atomic E-state index is 0.152. The number of carbonyl (C=O) groups is 1. The van der Waals surface area contributed by atoms with Crippen LogP contribution in [0.4, 0.5) is 4.79 Å². The van der Waals surface area contributed by atoms with Gasteiger partial charge in [0.25, 0.3) is 0 Å². The number of hydrogen-bond acceptors (Lipinski definition) is 5. The van der Waals surface area contributed by atoms with Gasteiger partial charge in [-0.25, -0.2) is 4.79 Å². The highest BCUT2D eigenvalue weighted by atomic mass is 16.5. The fraction of sp³-hybridized carbons (Fsp3) is 0.625. The van der Waals surface area contributed by atoms with Crippen LogP contribution in [0.3, 0.4) is 0 Å². The van der Waals surface area contributed by atoms with E-state index >= 15 is 0 Å². The molecule has 1 aliphatic heterocycles. The van der Waals surface area contributed by atoms with Crippen LogP contribution < -0.4 is 5.32 Å². The Morgan fingerprint density at radius 3 is 2.88 bits per heavy atom. The van der Waals surface area contributed by atoms with E-state index in [0.717, 1.165) is 54.5 Å². The molecule has 3 rings (SSSR count). The van der Waals surface area contributed by atoms with Gasteiger partial charge in [-0.1, -0.05) is 11.6 Å². The molecule has 0 bridgehead atoms. The summed E-state index contributed by atoms with van der Waals surface area (Å²) >= 11 is 0. The second kappa shape index (κ2) is 7.02. The number of rotatable bonds is 4. The monoisotopic (exact) mass is 332 g/mol. The summed E-state index contributed by atoms with van der Waals surface area (Å²) in [6.07, 6.45) is 4.48. The Labute approximate surface area is 141 Å². The average Bonchev–Trinajstić information content (AvgIpc) is 2.99. The standard InChI is InChI=1S/C16H24N6O2/c1-11-13(12(2)24-20-11)10-21(3)16(23)17-9-15-19-18-14-7-5-4-6-8-22(14)15/h4-10H2,1-3H3,(H,17,23). The van der Waals surface area contributed by atoms with E-state index < -0.39 is 0 Å². The smallest absolute Gasteiger partial charge is 0.317 e. The van der Waals surface area contributed by atoms with Crippen LogP contribution in [0.15, 0.2) is 4.52 Å². The van der Waals surface area contributed by atoms with E-state index in [2.05, 4.69) is 25.2 Å². The molecule has 2 amide bonds. The number of amides is 2. The minimum atomic E-state index is -0.152. The molecule has 130 valence electrons. The van der Waals surface area contributed by atoms with Crippen LogP contribution in [0.2, 0.25) is 0 Å². The van der Waals surface area contributed by atoms with Gasteiger partial charge in [-0.3, -0.25) is 0 Å². The van der Waals surface area contributed by atoms with Crippen molar-refractivity contribution in [2.45, 2.75) is 59.2 Å². The second-order valence-corrected chi connectivity index (χ2v) is 6.31. The number of aryl methyl sites for hydroxylation is 3. The maximum atomic E-state index is 12.3. The van der Waals surface area contributed by atoms with E-state index in [9.17, 15) is 4.79 Å². The summed E-state index contributed by atoms with van der Waals surface area (Å²) in [5.74, 6) is 2.60. The number of aromatic nitrogens is 4. The Morgan fingerprint density at radius 1 is 1.29 bits per heavy atom. The molecule has 2 aromatic rings. The maximum Gasteiger partial charge on any atom is 0.317 e. The first kappa shape index (κ1) is 16.5. The molecule has 0 aromatic carbocycles. The van der Waals surface area contributed by atoms with Crippen molar-refractivity contribution >= 4 is 6.03 Å². The third-order valence-electron chi connectivity index (χ3n) is 4.51. The molecule has 24 heavy (non-hydrogen) atoms. The van der Waals surface area contributed by atoms with E-state index in [1.807, 2.05) is 13.8 Å². The van der Waals surface area contributed by atoms with Gasteiger partial charge >= 0.3 is 6.03 Å². The lowest BCUT2D eigenvalue weighted by atomic mass is 10.2. The molecule has 0 saturated carbocycles. The van der Waals surface area contributed by atoms with Crippen molar-refractivity contribution in [2.24, 2.45) is 0 Å². The predicted octanol–water partition coefficient (Wildman–Crippen LogP) is 1.95. The van der Waals surface area contributed by atoms with Crippen molar-refractivity contribution in [3.8, 4) is 0 Å². The second-order valence-electron chi connectivity index (χ2n) is 6.31. The zero-order chi connectivity index (χ0) is 17.1. The van der Waals surface area contributed by atoms with E-state index in [-0.39, 0.29) is 6.03 Å². The quantitative estimate of drug-likeness (QED) is 0.924. The highest BCUT2D eigenvalue weighted by Gasteiger charge is 2.18. The van der Waals surface area contributed by atoms with E-state index in [1.165, 1.54) is 6.42 Å². The van der Waals surface area contributed by atoms with Gasteiger partial charge in [0.15, 0.2) is 5.82 Å². The van der Waals surface area contributed by atoms with Crippen LogP contribution in [0.5, 0.6) is 0 Å². The number of nitrogens with zero attached hydrogens (tertiary/aromatic N) is 5. The molecule has 0 unspecified atom stereocenters. The van der Waals surface area contributed by atoms with Crippen LogP contribution in [0, 0.1) is 13.8 Å². The largest absolute Gasteiger partial charge is 0.361 e. The predicted molar refractivity (Wildman–Crippen MR) is 87.3 cm³/mol. The van der Waals surface area contributed by atoms with Crippen molar-refractivity contribution in [3.05, 3.63) is 28.7 Å². The van der Waals surface area contributed by atoms with Crippen molar-refractivity contribution in [1.82, 2.24) is 30.1 Å². The van der Waals surface area contributed by atoms with Crippen LogP contribution >= 0.6 is 0 Å². The Balaban J connectivity index is 1.58. The molecule has 0 atom stereocenters. The third kappa shape index (κ3) is 3.42. The lowest BCUT2D eigenvalue weighted by Gasteiger charge is -2.18. The van der Waals surface area contributed by atoms with Gasteiger partial charge < -0.3 is 19.3 Å². The Kier molecular flexibility index (Phi) is 4.82. The zero-order valence-electron chi connectivity index (χ0n) is 14.5. The lowest BCUT2D eigenvalue weighted by molar-refractivity contribution is 0.205. The molecule has 0 aliphatic carbocycles. The van der Waals surface area contributed by atoms with Crippen LogP contribution in [-0.2, 0) is 26.1 Å². The molecular weight excluding hydrogens is 308 g/mol. The van der Waals surface area contributed by atoms with Gasteiger partial charge in [0.2, 0.25) is 0 Å². The molecular formula is C16H24N6O2. The maximum absolute atomic E-state index is 12.3. The summed E-state index contributed by atoms with van der Waals surface area (Å²) < 4.78 is 7.28. The first-order valence-corrected chi connectivity index (χ1v) is 8.38. The van der Waals surface area contributed by atoms with E-state index in [4.69, 9.17) is 4.52 Å². The Hall–Kier alpha value is -2.38. The third-order valence-corrected chi connectivity index (χ3v) is 4.51. The summed E-state index contributed by atoms with van der Waals surface area (Å²) in [5.41, 5.74) is 1.76. The van der Waals surface area contributed by atoms with Crippen LogP contribution in [-0.4, -0.2) is 37.9 Å².